The molecule has 0 bridgehead atoms. The largest absolute Gasteiger partial charge is 0.480 e. The van der Waals surface area contributed by atoms with Crippen molar-refractivity contribution < 1.29 is 9.90 Å². The van der Waals surface area contributed by atoms with Crippen molar-refractivity contribution in [1.29, 1.82) is 0 Å². The number of hydrogen-bond acceptors (Lipinski definition) is 4. The SMILES string of the molecule is CCCCCCCCN(CC(=O)O)CC(N)N.Cl. The number of unbranched alkanes of at least 4 members (excludes halogenated alkanes) is 5. The second kappa shape index (κ2) is 13.1. The molecule has 0 saturated carbocycles. The number of hydrogen-bond donors (Lipinski definition) is 3. The quantitative estimate of drug-likeness (QED) is 0.393. The van der Waals surface area contributed by atoms with Crippen molar-refractivity contribution in [1.82, 2.24) is 4.90 Å². The van der Waals surface area contributed by atoms with E-state index in [1.165, 1.54) is 25.7 Å². The van der Waals surface area contributed by atoms with Crippen LogP contribution in [0.15, 0.2) is 0 Å². The molecule has 5 N–H and O–H groups in total. The van der Waals surface area contributed by atoms with Crippen molar-refractivity contribution in [3.63, 3.8) is 0 Å². The van der Waals surface area contributed by atoms with Crippen LogP contribution in [0.2, 0.25) is 0 Å². The van der Waals surface area contributed by atoms with Crippen molar-refractivity contribution in [2.24, 2.45) is 11.5 Å². The molecule has 0 atom stereocenters. The van der Waals surface area contributed by atoms with Crippen molar-refractivity contribution >= 4 is 18.4 Å². The van der Waals surface area contributed by atoms with Gasteiger partial charge in [0.25, 0.3) is 0 Å². The number of nitrogens with two attached hydrogens (primary N) is 2. The van der Waals surface area contributed by atoms with E-state index in [1.54, 1.807) is 0 Å². The van der Waals surface area contributed by atoms with E-state index in [0.717, 1.165) is 19.4 Å². The lowest BCUT2D eigenvalue weighted by atomic mass is 10.1. The maximum absolute atomic E-state index is 10.6. The molecule has 0 heterocycles. The molecule has 0 spiro atoms. The van der Waals surface area contributed by atoms with Gasteiger partial charge in [-0.1, -0.05) is 39.0 Å². The van der Waals surface area contributed by atoms with Gasteiger partial charge in [0.15, 0.2) is 0 Å². The summed E-state index contributed by atoms with van der Waals surface area (Å²) in [6, 6.07) is 0. The molecule has 110 valence electrons. The van der Waals surface area contributed by atoms with Gasteiger partial charge in [-0.2, -0.15) is 0 Å². The summed E-state index contributed by atoms with van der Waals surface area (Å²) in [6.45, 7) is 3.43. The number of nitrogens with zero attached hydrogens (tertiary/aromatic N) is 1. The Kier molecular flexibility index (Phi) is 14.5. The maximum Gasteiger partial charge on any atom is 0.317 e. The lowest BCUT2D eigenvalue weighted by Gasteiger charge is -2.21. The van der Waals surface area contributed by atoms with Crippen LogP contribution in [0.1, 0.15) is 45.4 Å². The molecule has 0 aliphatic heterocycles. The van der Waals surface area contributed by atoms with Crippen LogP contribution in [0.5, 0.6) is 0 Å². The average molecular weight is 282 g/mol. The van der Waals surface area contributed by atoms with Crippen LogP contribution in [-0.2, 0) is 4.79 Å². The van der Waals surface area contributed by atoms with Crippen LogP contribution in [0, 0.1) is 0 Å². The summed E-state index contributed by atoms with van der Waals surface area (Å²) in [5.41, 5.74) is 11.0. The summed E-state index contributed by atoms with van der Waals surface area (Å²) >= 11 is 0. The zero-order valence-corrected chi connectivity index (χ0v) is 12.1. The highest BCUT2D eigenvalue weighted by Gasteiger charge is 2.10. The molecule has 0 amide bonds. The summed E-state index contributed by atoms with van der Waals surface area (Å²) in [7, 11) is 0. The van der Waals surface area contributed by atoms with E-state index < -0.39 is 12.1 Å². The van der Waals surface area contributed by atoms with Gasteiger partial charge in [-0.25, -0.2) is 0 Å². The third kappa shape index (κ3) is 13.7. The Morgan fingerprint density at radius 2 is 1.72 bits per heavy atom. The van der Waals surface area contributed by atoms with Gasteiger partial charge in [-0.15, -0.1) is 12.4 Å². The Balaban J connectivity index is 0. The van der Waals surface area contributed by atoms with Gasteiger partial charge in [0.05, 0.1) is 12.7 Å². The smallest absolute Gasteiger partial charge is 0.317 e. The second-order valence-electron chi connectivity index (χ2n) is 4.56. The van der Waals surface area contributed by atoms with E-state index in [0.29, 0.717) is 6.54 Å². The van der Waals surface area contributed by atoms with Gasteiger partial charge in [-0.05, 0) is 13.0 Å². The van der Waals surface area contributed by atoms with Crippen molar-refractivity contribution in [2.75, 3.05) is 19.6 Å². The summed E-state index contributed by atoms with van der Waals surface area (Å²) in [4.78, 5) is 12.5. The Hall–Kier alpha value is -0.360. The first-order valence-corrected chi connectivity index (χ1v) is 6.51. The standard InChI is InChI=1S/C12H27N3O2.ClH/c1-2-3-4-5-6-7-8-15(9-11(13)14)10-12(16)17;/h11H,2-10,13-14H2,1H3,(H,16,17);1H. The predicted molar refractivity (Wildman–Crippen MR) is 76.9 cm³/mol. The normalized spacial score (nSPS) is 10.7. The minimum absolute atomic E-state index is 0. The number of rotatable bonds is 11. The Morgan fingerprint density at radius 3 is 2.22 bits per heavy atom. The minimum Gasteiger partial charge on any atom is -0.480 e. The fraction of sp³-hybridized carbons (Fsp3) is 0.917. The van der Waals surface area contributed by atoms with E-state index in [2.05, 4.69) is 6.92 Å². The summed E-state index contributed by atoms with van der Waals surface area (Å²) in [5.74, 6) is -0.823. The molecule has 0 aliphatic rings. The topological polar surface area (TPSA) is 92.6 Å². The molecule has 0 rings (SSSR count). The van der Waals surface area contributed by atoms with Crippen molar-refractivity contribution in [3.8, 4) is 0 Å². The number of carboxylic acids is 1. The molecule has 18 heavy (non-hydrogen) atoms. The van der Waals surface area contributed by atoms with Crippen LogP contribution in [0.4, 0.5) is 0 Å². The molecule has 0 aliphatic carbocycles. The second-order valence-corrected chi connectivity index (χ2v) is 4.56. The highest BCUT2D eigenvalue weighted by molar-refractivity contribution is 5.85. The highest BCUT2D eigenvalue weighted by Crippen LogP contribution is 2.05. The van der Waals surface area contributed by atoms with Crippen LogP contribution in [-0.4, -0.2) is 41.8 Å². The van der Waals surface area contributed by atoms with Gasteiger partial charge in [0.1, 0.15) is 0 Å². The Labute approximate surface area is 116 Å². The average Bonchev–Trinajstić information content (AvgIpc) is 2.21. The van der Waals surface area contributed by atoms with Crippen LogP contribution in [0.3, 0.4) is 0 Å². The number of carboxylic acid groups (broad SMARTS) is 1. The number of carbonyl (C=O) groups is 1. The molecular weight excluding hydrogens is 254 g/mol. The zero-order chi connectivity index (χ0) is 13.1. The third-order valence-corrected chi connectivity index (χ3v) is 2.66. The predicted octanol–water partition coefficient (Wildman–Crippen LogP) is 1.40. The number of halogens is 1. The highest BCUT2D eigenvalue weighted by atomic mass is 35.5. The zero-order valence-electron chi connectivity index (χ0n) is 11.3. The molecule has 5 nitrogen and oxygen atoms in total. The molecule has 0 unspecified atom stereocenters. The summed E-state index contributed by atoms with van der Waals surface area (Å²) < 4.78 is 0. The van der Waals surface area contributed by atoms with E-state index in [9.17, 15) is 4.79 Å². The van der Waals surface area contributed by atoms with Gasteiger partial charge < -0.3 is 16.6 Å². The fourth-order valence-corrected chi connectivity index (χ4v) is 1.84. The molecule has 0 aromatic carbocycles. The van der Waals surface area contributed by atoms with Crippen molar-refractivity contribution in [3.05, 3.63) is 0 Å². The van der Waals surface area contributed by atoms with E-state index >= 15 is 0 Å². The van der Waals surface area contributed by atoms with Crippen LogP contribution >= 0.6 is 12.4 Å². The van der Waals surface area contributed by atoms with Gasteiger partial charge in [-0.3, -0.25) is 9.69 Å². The molecule has 0 fully saturated rings. The molecule has 6 heteroatoms. The number of aliphatic carboxylic acids is 1. The Bertz CT molecular complexity index is 204. The monoisotopic (exact) mass is 281 g/mol. The summed E-state index contributed by atoms with van der Waals surface area (Å²) in [6.07, 6.45) is 6.73. The van der Waals surface area contributed by atoms with Crippen LogP contribution in [0.25, 0.3) is 0 Å². The van der Waals surface area contributed by atoms with Crippen molar-refractivity contribution in [2.45, 2.75) is 51.6 Å². The molecule has 0 aromatic heterocycles. The molecular formula is C12H28ClN3O2. The van der Waals surface area contributed by atoms with E-state index in [4.69, 9.17) is 16.6 Å². The molecule has 0 saturated heterocycles. The lowest BCUT2D eigenvalue weighted by molar-refractivity contribution is -0.138. The first kappa shape index (κ1) is 20.0. The molecule has 0 radical (unpaired) electrons. The summed E-state index contributed by atoms with van der Waals surface area (Å²) in [5, 5.41) is 8.75. The maximum atomic E-state index is 10.6. The van der Waals surface area contributed by atoms with Gasteiger partial charge >= 0.3 is 5.97 Å². The minimum atomic E-state index is -0.823. The van der Waals surface area contributed by atoms with E-state index in [-0.39, 0.29) is 19.0 Å². The third-order valence-electron chi connectivity index (χ3n) is 2.66. The van der Waals surface area contributed by atoms with E-state index in [1.807, 2.05) is 4.90 Å². The van der Waals surface area contributed by atoms with Gasteiger partial charge in [0, 0.05) is 6.54 Å². The Morgan fingerprint density at radius 1 is 1.17 bits per heavy atom. The first-order valence-electron chi connectivity index (χ1n) is 6.51. The van der Waals surface area contributed by atoms with Crippen LogP contribution < -0.4 is 11.5 Å². The first-order chi connectivity index (χ1) is 8.06. The van der Waals surface area contributed by atoms with Gasteiger partial charge in [0.2, 0.25) is 0 Å². The lowest BCUT2D eigenvalue weighted by Crippen LogP contribution is -2.45. The molecule has 0 aromatic rings. The fourth-order valence-electron chi connectivity index (χ4n) is 1.84.